The highest BCUT2D eigenvalue weighted by atomic mass is 16.5. The van der Waals surface area contributed by atoms with Crippen LogP contribution in [0.5, 0.6) is 5.75 Å². The molecule has 1 saturated carbocycles. The average molecular weight is 494 g/mol. The Morgan fingerprint density at radius 3 is 2.64 bits per heavy atom. The summed E-state index contributed by atoms with van der Waals surface area (Å²) in [5.74, 6) is 0.991. The van der Waals surface area contributed by atoms with Crippen molar-refractivity contribution in [2.45, 2.75) is 77.3 Å². The predicted octanol–water partition coefficient (Wildman–Crippen LogP) is 5.57. The number of methoxy groups -OCH3 is 1. The Morgan fingerprint density at radius 1 is 1.14 bits per heavy atom. The van der Waals surface area contributed by atoms with Crippen molar-refractivity contribution >= 4 is 28.3 Å². The number of aliphatic hydroxyl groups excluding tert-OH is 1. The Labute approximate surface area is 213 Å². The summed E-state index contributed by atoms with van der Waals surface area (Å²) in [7, 11) is 1.59. The number of nitrogens with zero attached hydrogens (tertiary/aromatic N) is 4. The van der Waals surface area contributed by atoms with Crippen molar-refractivity contribution in [2.24, 2.45) is 0 Å². The molecule has 1 aromatic carbocycles. The SMILES string of the molecule is CCC.COc1cc2nn(C3CCCCC3)cc2cc1NC(=O)c1cccc(N2CCC[C@H]2CO)n1. The quantitative estimate of drug-likeness (QED) is 0.466. The number of anilines is 2. The minimum absolute atomic E-state index is 0.0546. The van der Waals surface area contributed by atoms with Gasteiger partial charge in [-0.25, -0.2) is 4.98 Å². The molecule has 2 N–H and O–H groups in total. The van der Waals surface area contributed by atoms with Crippen LogP contribution in [-0.4, -0.2) is 52.1 Å². The lowest BCUT2D eigenvalue weighted by Gasteiger charge is -2.24. The van der Waals surface area contributed by atoms with E-state index in [1.165, 1.54) is 25.7 Å². The molecule has 8 nitrogen and oxygen atoms in total. The maximum absolute atomic E-state index is 13.1. The molecule has 1 aliphatic heterocycles. The Kier molecular flexibility index (Phi) is 8.80. The Morgan fingerprint density at radius 2 is 1.92 bits per heavy atom. The molecule has 0 spiro atoms. The highest BCUT2D eigenvalue weighted by Crippen LogP contribution is 2.33. The van der Waals surface area contributed by atoms with Crippen LogP contribution in [0.15, 0.2) is 36.5 Å². The molecular weight excluding hydrogens is 454 g/mol. The van der Waals surface area contributed by atoms with Crippen LogP contribution in [0.4, 0.5) is 11.5 Å². The fraction of sp³-hybridized carbons (Fsp3) is 0.536. The number of hydrogen-bond donors (Lipinski definition) is 2. The third kappa shape index (κ3) is 5.81. The van der Waals surface area contributed by atoms with Crippen LogP contribution in [0.1, 0.15) is 81.7 Å². The van der Waals surface area contributed by atoms with Crippen molar-refractivity contribution in [3.8, 4) is 5.75 Å². The Balaban J connectivity index is 0.000000967. The van der Waals surface area contributed by atoms with E-state index in [9.17, 15) is 9.90 Å². The zero-order valence-corrected chi connectivity index (χ0v) is 21.7. The Hall–Kier alpha value is -3.13. The molecule has 0 radical (unpaired) electrons. The summed E-state index contributed by atoms with van der Waals surface area (Å²) in [5, 5.41) is 18.4. The van der Waals surface area contributed by atoms with E-state index in [0.717, 1.165) is 48.9 Å². The third-order valence-electron chi connectivity index (χ3n) is 6.89. The van der Waals surface area contributed by atoms with Gasteiger partial charge in [0.2, 0.25) is 0 Å². The van der Waals surface area contributed by atoms with Crippen molar-refractivity contribution in [3.05, 3.63) is 42.2 Å². The number of fused-ring (bicyclic) bond motifs is 1. The van der Waals surface area contributed by atoms with E-state index < -0.39 is 0 Å². The summed E-state index contributed by atoms with van der Waals surface area (Å²) in [6.07, 6.45) is 11.4. The molecule has 3 heterocycles. The summed E-state index contributed by atoms with van der Waals surface area (Å²) in [5.41, 5.74) is 1.79. The van der Waals surface area contributed by atoms with Crippen molar-refractivity contribution < 1.29 is 14.6 Å². The van der Waals surface area contributed by atoms with Gasteiger partial charge < -0.3 is 20.1 Å². The molecule has 1 atom stereocenters. The van der Waals surface area contributed by atoms with Crippen molar-refractivity contribution in [2.75, 3.05) is 30.5 Å². The van der Waals surface area contributed by atoms with E-state index in [4.69, 9.17) is 9.84 Å². The summed E-state index contributed by atoms with van der Waals surface area (Å²) >= 11 is 0. The van der Waals surface area contributed by atoms with Gasteiger partial charge in [-0.1, -0.05) is 45.6 Å². The predicted molar refractivity (Wildman–Crippen MR) is 144 cm³/mol. The molecule has 36 heavy (non-hydrogen) atoms. The Bertz CT molecular complexity index is 1160. The molecule has 5 rings (SSSR count). The second-order valence-corrected chi connectivity index (χ2v) is 9.73. The fourth-order valence-corrected chi connectivity index (χ4v) is 5.09. The fourth-order valence-electron chi connectivity index (χ4n) is 5.09. The zero-order chi connectivity index (χ0) is 25.5. The number of aliphatic hydroxyl groups is 1. The summed E-state index contributed by atoms with van der Waals surface area (Å²) in [4.78, 5) is 19.7. The van der Waals surface area contributed by atoms with E-state index in [-0.39, 0.29) is 18.6 Å². The standard InChI is InChI=1S/C25H31N5O3.C3H8/c1-33-23-14-21-17(15-30(28-21)18-7-3-2-4-8-18)13-22(23)27-25(32)20-10-5-11-24(26-20)29-12-6-9-19(29)16-31;1-3-2/h5,10-11,13-15,18-19,31H,2-4,6-9,12,16H2,1H3,(H,27,32);3H2,1-2H3/t19-;/m0./s1. The molecule has 194 valence electrons. The first-order valence-corrected chi connectivity index (χ1v) is 13.3. The number of carbonyl (C=O) groups excluding carboxylic acids is 1. The van der Waals surface area contributed by atoms with E-state index in [0.29, 0.717) is 23.2 Å². The van der Waals surface area contributed by atoms with Gasteiger partial charge in [-0.3, -0.25) is 9.48 Å². The van der Waals surface area contributed by atoms with Crippen LogP contribution in [0.2, 0.25) is 0 Å². The highest BCUT2D eigenvalue weighted by molar-refractivity contribution is 6.05. The van der Waals surface area contributed by atoms with Gasteiger partial charge in [0, 0.05) is 24.2 Å². The lowest BCUT2D eigenvalue weighted by molar-refractivity contribution is 0.102. The summed E-state index contributed by atoms with van der Waals surface area (Å²) in [6, 6.07) is 9.72. The normalized spacial score (nSPS) is 18.1. The monoisotopic (exact) mass is 493 g/mol. The molecule has 2 aromatic heterocycles. The number of hydrogen-bond acceptors (Lipinski definition) is 6. The molecule has 8 heteroatoms. The van der Waals surface area contributed by atoms with Crippen LogP contribution in [0.25, 0.3) is 10.9 Å². The number of amides is 1. The molecule has 2 fully saturated rings. The van der Waals surface area contributed by atoms with Crippen molar-refractivity contribution in [3.63, 3.8) is 0 Å². The van der Waals surface area contributed by atoms with Crippen LogP contribution in [0, 0.1) is 0 Å². The van der Waals surface area contributed by atoms with Gasteiger partial charge in [0.15, 0.2) is 0 Å². The van der Waals surface area contributed by atoms with E-state index in [2.05, 4.69) is 39.9 Å². The van der Waals surface area contributed by atoms with Crippen molar-refractivity contribution in [1.29, 1.82) is 0 Å². The number of nitrogens with one attached hydrogen (secondary N) is 1. The number of rotatable bonds is 6. The van der Waals surface area contributed by atoms with Crippen LogP contribution < -0.4 is 15.0 Å². The van der Waals surface area contributed by atoms with Crippen LogP contribution >= 0.6 is 0 Å². The number of pyridine rings is 1. The van der Waals surface area contributed by atoms with Crippen molar-refractivity contribution in [1.82, 2.24) is 14.8 Å². The van der Waals surface area contributed by atoms with Gasteiger partial charge in [-0.05, 0) is 43.9 Å². The summed E-state index contributed by atoms with van der Waals surface area (Å²) < 4.78 is 7.64. The molecule has 1 saturated heterocycles. The minimum atomic E-state index is -0.297. The van der Waals surface area contributed by atoms with E-state index >= 15 is 0 Å². The van der Waals surface area contributed by atoms with Crippen LogP contribution in [-0.2, 0) is 0 Å². The molecule has 3 aromatic rings. The minimum Gasteiger partial charge on any atom is -0.494 e. The van der Waals surface area contributed by atoms with Gasteiger partial charge in [-0.15, -0.1) is 0 Å². The number of ether oxygens (including phenoxy) is 1. The molecular formula is C28H39N5O3. The van der Waals surface area contributed by atoms with Gasteiger partial charge in [-0.2, -0.15) is 5.10 Å². The number of aromatic nitrogens is 3. The number of benzene rings is 1. The van der Waals surface area contributed by atoms with Gasteiger partial charge in [0.1, 0.15) is 17.3 Å². The summed E-state index contributed by atoms with van der Waals surface area (Å²) in [6.45, 7) is 5.17. The third-order valence-corrected chi connectivity index (χ3v) is 6.89. The lowest BCUT2D eigenvalue weighted by atomic mass is 9.96. The largest absolute Gasteiger partial charge is 0.494 e. The highest BCUT2D eigenvalue weighted by Gasteiger charge is 2.25. The molecule has 0 unspecified atom stereocenters. The van der Waals surface area contributed by atoms with E-state index in [1.807, 2.05) is 24.3 Å². The first-order valence-electron chi connectivity index (χ1n) is 13.3. The molecule has 1 aliphatic carbocycles. The van der Waals surface area contributed by atoms with Gasteiger partial charge in [0.25, 0.3) is 5.91 Å². The molecule has 0 bridgehead atoms. The topological polar surface area (TPSA) is 92.5 Å². The zero-order valence-electron chi connectivity index (χ0n) is 21.7. The second-order valence-electron chi connectivity index (χ2n) is 9.73. The average Bonchev–Trinajstić information content (AvgIpc) is 3.56. The van der Waals surface area contributed by atoms with Gasteiger partial charge in [0.05, 0.1) is 37.0 Å². The van der Waals surface area contributed by atoms with Crippen LogP contribution in [0.3, 0.4) is 0 Å². The first kappa shape index (κ1) is 25.9. The molecule has 1 amide bonds. The maximum Gasteiger partial charge on any atom is 0.274 e. The molecule has 2 aliphatic rings. The first-order chi connectivity index (χ1) is 17.6. The maximum atomic E-state index is 13.1. The number of carbonyl (C=O) groups is 1. The smallest absolute Gasteiger partial charge is 0.274 e. The van der Waals surface area contributed by atoms with Gasteiger partial charge >= 0.3 is 0 Å². The van der Waals surface area contributed by atoms with E-state index in [1.54, 1.807) is 13.2 Å². The lowest BCUT2D eigenvalue weighted by Crippen LogP contribution is -2.33. The second kappa shape index (κ2) is 12.2.